The third kappa shape index (κ3) is 1.72. The van der Waals surface area contributed by atoms with Gasteiger partial charge in [-0.15, -0.1) is 0 Å². The van der Waals surface area contributed by atoms with Crippen LogP contribution in [0.15, 0.2) is 6.33 Å². The van der Waals surface area contributed by atoms with Gasteiger partial charge in [-0.2, -0.15) is 0 Å². The normalized spacial score (nSPS) is 23.9. The van der Waals surface area contributed by atoms with E-state index in [4.69, 9.17) is 15.6 Å². The molecule has 3 N–H and O–H groups in total. The molecule has 2 aromatic rings. The molecule has 2 unspecified atom stereocenters. The molecule has 1 aliphatic heterocycles. The average molecular weight is 249 g/mol. The minimum Gasteiger partial charge on any atom is -0.394 e. The topological polar surface area (TPSA) is 99.1 Å². The number of fused-ring (bicyclic) bond motifs is 1. The summed E-state index contributed by atoms with van der Waals surface area (Å²) in [5, 5.41) is 9.09. The van der Waals surface area contributed by atoms with E-state index in [1.165, 1.54) is 0 Å². The molecule has 2 aromatic heterocycles. The van der Waals surface area contributed by atoms with Crippen LogP contribution in [-0.2, 0) is 4.74 Å². The Morgan fingerprint density at radius 1 is 1.50 bits per heavy atom. The SMILES string of the molecule is Cc1nc(N)c2ncn(C3CCC(CO)O3)c2n1. The lowest BCUT2D eigenvalue weighted by molar-refractivity contribution is -0.0207. The van der Waals surface area contributed by atoms with E-state index in [1.807, 2.05) is 4.57 Å². The fraction of sp³-hybridized carbons (Fsp3) is 0.545. The molecule has 96 valence electrons. The lowest BCUT2D eigenvalue weighted by atomic mass is 10.2. The van der Waals surface area contributed by atoms with Crippen LogP contribution in [0.2, 0.25) is 0 Å². The Morgan fingerprint density at radius 3 is 3.06 bits per heavy atom. The number of anilines is 1. The van der Waals surface area contributed by atoms with E-state index in [2.05, 4.69) is 15.0 Å². The van der Waals surface area contributed by atoms with Gasteiger partial charge in [-0.1, -0.05) is 0 Å². The van der Waals surface area contributed by atoms with Gasteiger partial charge in [0, 0.05) is 0 Å². The van der Waals surface area contributed by atoms with Gasteiger partial charge in [0.15, 0.2) is 11.5 Å². The molecule has 1 saturated heterocycles. The van der Waals surface area contributed by atoms with Crippen molar-refractivity contribution < 1.29 is 9.84 Å². The second kappa shape index (κ2) is 4.18. The molecular weight excluding hydrogens is 234 g/mol. The predicted octanol–water partition coefficient (Wildman–Crippen LogP) is 0.387. The van der Waals surface area contributed by atoms with Crippen molar-refractivity contribution in [2.75, 3.05) is 12.3 Å². The summed E-state index contributed by atoms with van der Waals surface area (Å²) in [6.45, 7) is 1.83. The molecule has 0 aromatic carbocycles. The van der Waals surface area contributed by atoms with Crippen molar-refractivity contribution in [3.05, 3.63) is 12.2 Å². The third-order valence-corrected chi connectivity index (χ3v) is 3.16. The number of hydrogen-bond acceptors (Lipinski definition) is 6. The van der Waals surface area contributed by atoms with Crippen LogP contribution < -0.4 is 5.73 Å². The summed E-state index contributed by atoms with van der Waals surface area (Å²) in [6, 6.07) is 0. The summed E-state index contributed by atoms with van der Waals surface area (Å²) in [4.78, 5) is 12.7. The number of imidazole rings is 1. The van der Waals surface area contributed by atoms with Gasteiger partial charge in [0.2, 0.25) is 0 Å². The number of aliphatic hydroxyl groups excluding tert-OH is 1. The first-order valence-corrected chi connectivity index (χ1v) is 5.92. The summed E-state index contributed by atoms with van der Waals surface area (Å²) >= 11 is 0. The van der Waals surface area contributed by atoms with Crippen molar-refractivity contribution in [2.45, 2.75) is 32.1 Å². The van der Waals surface area contributed by atoms with Crippen LogP contribution in [0.4, 0.5) is 5.82 Å². The summed E-state index contributed by atoms with van der Waals surface area (Å²) in [5.41, 5.74) is 7.09. The highest BCUT2D eigenvalue weighted by molar-refractivity contribution is 5.81. The lowest BCUT2D eigenvalue weighted by Gasteiger charge is -2.13. The van der Waals surface area contributed by atoms with E-state index in [0.29, 0.717) is 22.8 Å². The molecule has 7 nitrogen and oxygen atoms in total. The fourth-order valence-electron chi connectivity index (χ4n) is 2.29. The second-order valence-corrected chi connectivity index (χ2v) is 4.45. The van der Waals surface area contributed by atoms with E-state index in [9.17, 15) is 0 Å². The average Bonchev–Trinajstić information content (AvgIpc) is 2.93. The van der Waals surface area contributed by atoms with Crippen LogP contribution in [0.25, 0.3) is 11.2 Å². The maximum atomic E-state index is 9.09. The number of aromatic nitrogens is 4. The number of nitrogens with zero attached hydrogens (tertiary/aromatic N) is 4. The monoisotopic (exact) mass is 249 g/mol. The Bertz CT molecular complexity index is 582. The minimum absolute atomic E-state index is 0.0410. The molecule has 0 amide bonds. The van der Waals surface area contributed by atoms with Gasteiger partial charge in [-0.05, 0) is 19.8 Å². The molecule has 0 aliphatic carbocycles. The van der Waals surface area contributed by atoms with Crippen molar-refractivity contribution in [3.63, 3.8) is 0 Å². The van der Waals surface area contributed by atoms with Gasteiger partial charge in [0.1, 0.15) is 17.6 Å². The number of nitrogens with two attached hydrogens (primary N) is 1. The Hall–Kier alpha value is -1.73. The van der Waals surface area contributed by atoms with Crippen LogP contribution in [-0.4, -0.2) is 37.3 Å². The molecule has 1 aliphatic rings. The molecule has 3 heterocycles. The number of aliphatic hydroxyl groups is 1. The number of nitrogen functional groups attached to an aromatic ring is 1. The lowest BCUT2D eigenvalue weighted by Crippen LogP contribution is -2.14. The molecule has 0 bridgehead atoms. The van der Waals surface area contributed by atoms with Crippen molar-refractivity contribution in [3.8, 4) is 0 Å². The molecular formula is C11H15N5O2. The molecule has 2 atom stereocenters. The molecule has 0 radical (unpaired) electrons. The minimum atomic E-state index is -0.138. The van der Waals surface area contributed by atoms with Crippen molar-refractivity contribution in [2.24, 2.45) is 0 Å². The van der Waals surface area contributed by atoms with Crippen LogP contribution >= 0.6 is 0 Å². The zero-order valence-corrected chi connectivity index (χ0v) is 10.1. The first-order valence-electron chi connectivity index (χ1n) is 5.92. The molecule has 0 saturated carbocycles. The Morgan fingerprint density at radius 2 is 2.33 bits per heavy atom. The second-order valence-electron chi connectivity index (χ2n) is 4.45. The molecule has 18 heavy (non-hydrogen) atoms. The largest absolute Gasteiger partial charge is 0.394 e. The van der Waals surface area contributed by atoms with Crippen LogP contribution in [0.5, 0.6) is 0 Å². The van der Waals surface area contributed by atoms with E-state index in [0.717, 1.165) is 12.8 Å². The Labute approximate surface area is 104 Å². The highest BCUT2D eigenvalue weighted by Crippen LogP contribution is 2.30. The van der Waals surface area contributed by atoms with E-state index in [1.54, 1.807) is 13.3 Å². The predicted molar refractivity (Wildman–Crippen MR) is 64.7 cm³/mol. The maximum Gasteiger partial charge on any atom is 0.167 e. The van der Waals surface area contributed by atoms with E-state index < -0.39 is 0 Å². The van der Waals surface area contributed by atoms with Gasteiger partial charge in [0.25, 0.3) is 0 Å². The smallest absolute Gasteiger partial charge is 0.167 e. The highest BCUT2D eigenvalue weighted by Gasteiger charge is 2.27. The van der Waals surface area contributed by atoms with Gasteiger partial charge in [-0.3, -0.25) is 4.57 Å². The Kier molecular flexibility index (Phi) is 2.64. The molecule has 0 spiro atoms. The zero-order chi connectivity index (χ0) is 12.7. The number of aryl methyl sites for hydroxylation is 1. The van der Waals surface area contributed by atoms with Gasteiger partial charge >= 0.3 is 0 Å². The van der Waals surface area contributed by atoms with Gasteiger partial charge in [-0.25, -0.2) is 15.0 Å². The van der Waals surface area contributed by atoms with Crippen LogP contribution in [0.1, 0.15) is 24.9 Å². The summed E-state index contributed by atoms with van der Waals surface area (Å²) in [5.74, 6) is 0.992. The van der Waals surface area contributed by atoms with E-state index in [-0.39, 0.29) is 18.9 Å². The number of ether oxygens (including phenoxy) is 1. The number of rotatable bonds is 2. The molecule has 3 rings (SSSR count). The standard InChI is InChI=1S/C11H15N5O2/c1-6-14-10(12)9-11(15-6)16(5-13-9)8-3-2-7(4-17)18-8/h5,7-8,17H,2-4H2,1H3,(H2,12,14,15). The first kappa shape index (κ1) is 11.4. The van der Waals surface area contributed by atoms with Crippen molar-refractivity contribution in [1.82, 2.24) is 19.5 Å². The first-order chi connectivity index (χ1) is 8.69. The summed E-state index contributed by atoms with van der Waals surface area (Å²) in [7, 11) is 0. The molecule has 1 fully saturated rings. The van der Waals surface area contributed by atoms with Gasteiger partial charge in [0.05, 0.1) is 19.0 Å². The highest BCUT2D eigenvalue weighted by atomic mass is 16.5. The summed E-state index contributed by atoms with van der Waals surface area (Å²) in [6.07, 6.45) is 3.09. The third-order valence-electron chi connectivity index (χ3n) is 3.16. The van der Waals surface area contributed by atoms with E-state index >= 15 is 0 Å². The molecule has 7 heteroatoms. The fourth-order valence-corrected chi connectivity index (χ4v) is 2.29. The quantitative estimate of drug-likeness (QED) is 0.798. The van der Waals surface area contributed by atoms with Crippen LogP contribution in [0.3, 0.4) is 0 Å². The van der Waals surface area contributed by atoms with Gasteiger partial charge < -0.3 is 15.6 Å². The van der Waals surface area contributed by atoms with Crippen LogP contribution in [0, 0.1) is 6.92 Å². The maximum absolute atomic E-state index is 9.09. The zero-order valence-electron chi connectivity index (χ0n) is 10.1. The summed E-state index contributed by atoms with van der Waals surface area (Å²) < 4.78 is 7.57. The Balaban J connectivity index is 2.03. The van der Waals surface area contributed by atoms with Crippen molar-refractivity contribution >= 4 is 17.0 Å². The number of hydrogen-bond donors (Lipinski definition) is 2. The van der Waals surface area contributed by atoms with Crippen molar-refractivity contribution in [1.29, 1.82) is 0 Å².